The summed E-state index contributed by atoms with van der Waals surface area (Å²) >= 11 is 3.35. The molecule has 24 heavy (non-hydrogen) atoms. The van der Waals surface area contributed by atoms with Crippen LogP contribution in [0.25, 0.3) is 0 Å². The smallest absolute Gasteiger partial charge is 0.335 e. The number of halogens is 1. The number of anilines is 2. The van der Waals surface area contributed by atoms with E-state index in [9.17, 15) is 10.1 Å². The quantitative estimate of drug-likeness (QED) is 0.628. The van der Waals surface area contributed by atoms with E-state index in [1.54, 1.807) is 12.4 Å². The molecule has 2 N–H and O–H groups in total. The van der Waals surface area contributed by atoms with Gasteiger partial charge in [0, 0.05) is 38.3 Å². The molecule has 0 spiro atoms. The molecule has 0 aliphatic carbocycles. The maximum Gasteiger partial charge on any atom is 0.335 e. The molecule has 9 heteroatoms. The minimum Gasteiger partial charge on any atom is -0.489 e. The first kappa shape index (κ1) is 16.4. The maximum absolute atomic E-state index is 11.3. The van der Waals surface area contributed by atoms with Crippen LogP contribution in [0.5, 0.6) is 5.75 Å². The van der Waals surface area contributed by atoms with Crippen LogP contribution in [0.2, 0.25) is 0 Å². The summed E-state index contributed by atoms with van der Waals surface area (Å²) in [4.78, 5) is 20.7. The van der Waals surface area contributed by atoms with Gasteiger partial charge in [0.25, 0.3) is 0 Å². The number of nitrogen functional groups attached to an aromatic ring is 1. The number of hydrogen-bond acceptors (Lipinski definition) is 7. The topological polar surface area (TPSA) is 107 Å². The van der Waals surface area contributed by atoms with Gasteiger partial charge in [-0.1, -0.05) is 0 Å². The van der Waals surface area contributed by atoms with E-state index >= 15 is 0 Å². The lowest BCUT2D eigenvalue weighted by molar-refractivity contribution is -0.383. The van der Waals surface area contributed by atoms with E-state index in [1.807, 2.05) is 17.0 Å². The predicted molar refractivity (Wildman–Crippen MR) is 93.1 cm³/mol. The Bertz CT molecular complexity index is 735. The van der Waals surface area contributed by atoms with Crippen LogP contribution in [0.3, 0.4) is 0 Å². The summed E-state index contributed by atoms with van der Waals surface area (Å²) in [5.74, 6) is 0.656. The zero-order chi connectivity index (χ0) is 17.1. The second-order valence-corrected chi connectivity index (χ2v) is 6.29. The largest absolute Gasteiger partial charge is 0.489 e. The molecule has 2 aromatic heterocycles. The number of hydrogen-bond donors (Lipinski definition) is 1. The molecule has 0 saturated carbocycles. The van der Waals surface area contributed by atoms with Gasteiger partial charge >= 0.3 is 5.69 Å². The molecular formula is C15H16BrN5O3. The molecule has 3 rings (SSSR count). The van der Waals surface area contributed by atoms with Gasteiger partial charge in [-0.3, -0.25) is 15.1 Å². The second kappa shape index (κ2) is 7.00. The molecule has 1 saturated heterocycles. The van der Waals surface area contributed by atoms with E-state index in [-0.39, 0.29) is 17.6 Å². The van der Waals surface area contributed by atoms with Gasteiger partial charge < -0.3 is 15.4 Å². The first-order chi connectivity index (χ1) is 11.6. The number of nitrogens with two attached hydrogens (primary N) is 1. The molecule has 0 aromatic carbocycles. The Morgan fingerprint density at radius 2 is 2.12 bits per heavy atom. The average Bonchev–Trinajstić information content (AvgIpc) is 2.58. The highest BCUT2D eigenvalue weighted by Gasteiger charge is 2.30. The Hall–Kier alpha value is -2.42. The van der Waals surface area contributed by atoms with Crippen molar-refractivity contribution in [1.29, 1.82) is 0 Å². The van der Waals surface area contributed by atoms with Crippen LogP contribution in [-0.4, -0.2) is 34.1 Å². The number of rotatable bonds is 4. The summed E-state index contributed by atoms with van der Waals surface area (Å²) < 4.78 is 6.46. The summed E-state index contributed by atoms with van der Waals surface area (Å²) in [6.45, 7) is 1.27. The molecule has 2 aromatic rings. The fourth-order valence-corrected chi connectivity index (χ4v) is 3.31. The van der Waals surface area contributed by atoms with Gasteiger partial charge in [0.1, 0.15) is 17.5 Å². The first-order valence-corrected chi connectivity index (χ1v) is 8.25. The van der Waals surface area contributed by atoms with Crippen molar-refractivity contribution < 1.29 is 9.66 Å². The van der Waals surface area contributed by atoms with Crippen molar-refractivity contribution in [3.05, 3.63) is 45.3 Å². The van der Waals surface area contributed by atoms with Crippen LogP contribution in [0.15, 0.2) is 35.2 Å². The van der Waals surface area contributed by atoms with Gasteiger partial charge in [-0.2, -0.15) is 0 Å². The van der Waals surface area contributed by atoms with E-state index in [4.69, 9.17) is 10.5 Å². The third kappa shape index (κ3) is 3.40. The standard InChI is InChI=1S/C15H16BrN5O3/c16-12-9-19-15(17)14(21(22)23)13(12)20-6-3-10(4-7-20)24-11-2-1-5-18-8-11/h1-2,5,8-10H,3-4,6-7H2,(H2,17,19). The molecule has 0 atom stereocenters. The van der Waals surface area contributed by atoms with Gasteiger partial charge in [-0.15, -0.1) is 0 Å². The Kier molecular flexibility index (Phi) is 4.79. The van der Waals surface area contributed by atoms with Crippen molar-refractivity contribution in [3.63, 3.8) is 0 Å². The van der Waals surface area contributed by atoms with Crippen LogP contribution in [0, 0.1) is 10.1 Å². The van der Waals surface area contributed by atoms with Gasteiger partial charge in [-0.25, -0.2) is 4.98 Å². The Morgan fingerprint density at radius 1 is 1.38 bits per heavy atom. The highest BCUT2D eigenvalue weighted by atomic mass is 79.9. The number of pyridine rings is 2. The normalized spacial score (nSPS) is 15.3. The molecule has 1 aliphatic rings. The molecule has 1 aliphatic heterocycles. The highest BCUT2D eigenvalue weighted by Crippen LogP contribution is 2.39. The Labute approximate surface area is 146 Å². The van der Waals surface area contributed by atoms with Crippen LogP contribution in [0.4, 0.5) is 17.2 Å². The summed E-state index contributed by atoms with van der Waals surface area (Å²) in [5, 5.41) is 11.3. The van der Waals surface area contributed by atoms with E-state index in [0.717, 1.165) is 18.6 Å². The maximum atomic E-state index is 11.3. The van der Waals surface area contributed by atoms with Crippen molar-refractivity contribution in [2.75, 3.05) is 23.7 Å². The lowest BCUT2D eigenvalue weighted by Gasteiger charge is -2.33. The van der Waals surface area contributed by atoms with Crippen molar-refractivity contribution in [1.82, 2.24) is 9.97 Å². The fraction of sp³-hybridized carbons (Fsp3) is 0.333. The number of piperidine rings is 1. The van der Waals surface area contributed by atoms with Crippen LogP contribution in [0.1, 0.15) is 12.8 Å². The lowest BCUT2D eigenvalue weighted by atomic mass is 10.1. The molecule has 0 amide bonds. The molecule has 0 unspecified atom stereocenters. The van der Waals surface area contributed by atoms with Gasteiger partial charge in [0.05, 0.1) is 15.6 Å². The van der Waals surface area contributed by atoms with Crippen molar-refractivity contribution >= 4 is 33.1 Å². The average molecular weight is 394 g/mol. The van der Waals surface area contributed by atoms with Crippen molar-refractivity contribution in [2.45, 2.75) is 18.9 Å². The van der Waals surface area contributed by atoms with Crippen LogP contribution < -0.4 is 15.4 Å². The third-order valence-electron chi connectivity index (χ3n) is 3.89. The summed E-state index contributed by atoms with van der Waals surface area (Å²) in [5.41, 5.74) is 6.02. The second-order valence-electron chi connectivity index (χ2n) is 5.44. The third-order valence-corrected chi connectivity index (χ3v) is 4.47. The SMILES string of the molecule is Nc1ncc(Br)c(N2CCC(Oc3cccnc3)CC2)c1[N+](=O)[O-]. The zero-order valence-corrected chi connectivity index (χ0v) is 14.3. The number of nitro groups is 1. The van der Waals surface area contributed by atoms with E-state index < -0.39 is 4.92 Å². The molecular weight excluding hydrogens is 378 g/mol. The first-order valence-electron chi connectivity index (χ1n) is 7.46. The molecule has 0 bridgehead atoms. The summed E-state index contributed by atoms with van der Waals surface area (Å²) in [6.07, 6.45) is 6.43. The molecule has 126 valence electrons. The van der Waals surface area contributed by atoms with E-state index in [1.165, 1.54) is 6.20 Å². The molecule has 3 heterocycles. The van der Waals surface area contributed by atoms with E-state index in [2.05, 4.69) is 25.9 Å². The number of ether oxygens (including phenoxy) is 1. The fourth-order valence-electron chi connectivity index (χ4n) is 2.77. The minimum atomic E-state index is -0.485. The molecule has 1 fully saturated rings. The van der Waals surface area contributed by atoms with Crippen molar-refractivity contribution in [2.24, 2.45) is 0 Å². The monoisotopic (exact) mass is 393 g/mol. The van der Waals surface area contributed by atoms with E-state index in [0.29, 0.717) is 23.2 Å². The highest BCUT2D eigenvalue weighted by molar-refractivity contribution is 9.10. The summed E-state index contributed by atoms with van der Waals surface area (Å²) in [6, 6.07) is 3.69. The zero-order valence-electron chi connectivity index (χ0n) is 12.8. The lowest BCUT2D eigenvalue weighted by Crippen LogP contribution is -2.38. The Morgan fingerprint density at radius 3 is 2.75 bits per heavy atom. The van der Waals surface area contributed by atoms with Crippen LogP contribution in [-0.2, 0) is 0 Å². The predicted octanol–water partition coefficient (Wildman–Crippen LogP) is 2.78. The van der Waals surface area contributed by atoms with Gasteiger partial charge in [-0.05, 0) is 28.1 Å². The number of aromatic nitrogens is 2. The molecule has 8 nitrogen and oxygen atoms in total. The molecule has 0 radical (unpaired) electrons. The summed E-state index contributed by atoms with van der Waals surface area (Å²) in [7, 11) is 0. The van der Waals surface area contributed by atoms with Crippen molar-refractivity contribution in [3.8, 4) is 5.75 Å². The van der Waals surface area contributed by atoms with Gasteiger partial charge in [0.2, 0.25) is 5.82 Å². The van der Waals surface area contributed by atoms with Crippen LogP contribution >= 0.6 is 15.9 Å². The minimum absolute atomic E-state index is 0.0578. The van der Waals surface area contributed by atoms with Gasteiger partial charge in [0.15, 0.2) is 0 Å². The Balaban J connectivity index is 1.73. The number of nitrogens with zero attached hydrogens (tertiary/aromatic N) is 4.